The third-order valence-corrected chi connectivity index (χ3v) is 4.50. The van der Waals surface area contributed by atoms with Crippen molar-refractivity contribution >= 4 is 0 Å². The summed E-state index contributed by atoms with van der Waals surface area (Å²) in [7, 11) is 0. The predicted molar refractivity (Wildman–Crippen MR) is 81.6 cm³/mol. The van der Waals surface area contributed by atoms with Gasteiger partial charge in [-0.25, -0.2) is 0 Å². The Morgan fingerprint density at radius 3 is 2.86 bits per heavy atom. The van der Waals surface area contributed by atoms with E-state index in [2.05, 4.69) is 22.4 Å². The van der Waals surface area contributed by atoms with Crippen molar-refractivity contribution in [2.24, 2.45) is 5.84 Å². The molecular weight excluding hydrogens is 264 g/mol. The third-order valence-electron chi connectivity index (χ3n) is 4.50. The summed E-state index contributed by atoms with van der Waals surface area (Å²) < 4.78 is 7.51. The molecule has 1 unspecified atom stereocenters. The Balaban J connectivity index is 1.69. The van der Waals surface area contributed by atoms with Crippen LogP contribution in [0.1, 0.15) is 61.2 Å². The van der Waals surface area contributed by atoms with Gasteiger partial charge in [-0.2, -0.15) is 5.10 Å². The van der Waals surface area contributed by atoms with Crippen molar-refractivity contribution in [1.82, 2.24) is 15.2 Å². The number of rotatable bonds is 5. The molecule has 114 valence electrons. The van der Waals surface area contributed by atoms with Gasteiger partial charge in [0.1, 0.15) is 5.76 Å². The summed E-state index contributed by atoms with van der Waals surface area (Å²) in [6.07, 6.45) is 11.1. The van der Waals surface area contributed by atoms with E-state index in [0.717, 1.165) is 23.4 Å². The zero-order valence-electron chi connectivity index (χ0n) is 12.6. The predicted octanol–water partition coefficient (Wildman–Crippen LogP) is 3.04. The molecule has 0 radical (unpaired) electrons. The van der Waals surface area contributed by atoms with Crippen LogP contribution < -0.4 is 11.3 Å². The number of nitrogens with two attached hydrogens (primary N) is 1. The maximum atomic E-state index is 5.70. The number of hydrogen-bond acceptors (Lipinski definition) is 4. The van der Waals surface area contributed by atoms with Crippen LogP contribution in [0.4, 0.5) is 0 Å². The molecule has 2 aromatic rings. The molecule has 1 atom stereocenters. The Bertz CT molecular complexity index is 568. The van der Waals surface area contributed by atoms with E-state index in [4.69, 9.17) is 15.4 Å². The van der Waals surface area contributed by atoms with Gasteiger partial charge in [0.2, 0.25) is 0 Å². The first-order chi connectivity index (χ1) is 10.3. The number of aryl methyl sites for hydroxylation is 1. The molecule has 5 nitrogen and oxygen atoms in total. The molecule has 0 amide bonds. The van der Waals surface area contributed by atoms with Crippen LogP contribution in [0, 0.1) is 6.92 Å². The van der Waals surface area contributed by atoms with Crippen LogP contribution in [-0.2, 0) is 6.42 Å². The van der Waals surface area contributed by atoms with Gasteiger partial charge in [-0.1, -0.05) is 19.3 Å². The Kier molecular flexibility index (Phi) is 4.41. The van der Waals surface area contributed by atoms with E-state index in [1.807, 2.05) is 13.0 Å². The van der Waals surface area contributed by atoms with Crippen molar-refractivity contribution in [3.8, 4) is 0 Å². The van der Waals surface area contributed by atoms with Crippen molar-refractivity contribution in [2.45, 2.75) is 57.5 Å². The Morgan fingerprint density at radius 2 is 2.19 bits per heavy atom. The first-order valence-corrected chi connectivity index (χ1v) is 7.82. The fourth-order valence-electron chi connectivity index (χ4n) is 3.26. The molecule has 1 saturated carbocycles. The van der Waals surface area contributed by atoms with Crippen LogP contribution in [0.2, 0.25) is 0 Å². The lowest BCUT2D eigenvalue weighted by Crippen LogP contribution is -2.30. The largest absolute Gasteiger partial charge is 0.469 e. The highest BCUT2D eigenvalue weighted by molar-refractivity contribution is 5.22. The highest BCUT2D eigenvalue weighted by atomic mass is 16.3. The SMILES string of the molecule is Cc1occc1C(Cc1ccn(C2CCCCC2)n1)NN. The van der Waals surface area contributed by atoms with Crippen molar-refractivity contribution in [1.29, 1.82) is 0 Å². The molecule has 0 bridgehead atoms. The Hall–Kier alpha value is -1.59. The summed E-state index contributed by atoms with van der Waals surface area (Å²) in [4.78, 5) is 0. The average molecular weight is 288 g/mol. The second-order valence-electron chi connectivity index (χ2n) is 5.93. The standard InChI is InChI=1S/C16H24N4O/c1-12-15(8-10-21-12)16(18-17)11-13-7-9-20(19-13)14-5-3-2-4-6-14/h7-10,14,16,18H,2-6,11,17H2,1H3. The molecule has 21 heavy (non-hydrogen) atoms. The fraction of sp³-hybridized carbons (Fsp3) is 0.562. The lowest BCUT2D eigenvalue weighted by Gasteiger charge is -2.22. The molecule has 5 heteroatoms. The number of hydrogen-bond donors (Lipinski definition) is 2. The first kappa shape index (κ1) is 14.4. The van der Waals surface area contributed by atoms with Crippen LogP contribution in [0.5, 0.6) is 0 Å². The van der Waals surface area contributed by atoms with Crippen LogP contribution in [0.15, 0.2) is 29.0 Å². The molecule has 0 aromatic carbocycles. The quantitative estimate of drug-likeness (QED) is 0.655. The van der Waals surface area contributed by atoms with Crippen LogP contribution in [0.3, 0.4) is 0 Å². The molecule has 2 heterocycles. The summed E-state index contributed by atoms with van der Waals surface area (Å²) >= 11 is 0. The summed E-state index contributed by atoms with van der Waals surface area (Å²) in [5.41, 5.74) is 5.05. The van der Waals surface area contributed by atoms with Crippen LogP contribution in [-0.4, -0.2) is 9.78 Å². The summed E-state index contributed by atoms with van der Waals surface area (Å²) in [5, 5.41) is 4.75. The minimum Gasteiger partial charge on any atom is -0.469 e. The van der Waals surface area contributed by atoms with Gasteiger partial charge in [0.15, 0.2) is 0 Å². The van der Waals surface area contributed by atoms with Crippen LogP contribution >= 0.6 is 0 Å². The zero-order valence-corrected chi connectivity index (χ0v) is 12.6. The molecule has 3 N–H and O–H groups in total. The Labute approximate surface area is 125 Å². The zero-order chi connectivity index (χ0) is 14.7. The smallest absolute Gasteiger partial charge is 0.105 e. The molecule has 2 aromatic heterocycles. The van der Waals surface area contributed by atoms with E-state index in [0.29, 0.717) is 6.04 Å². The highest BCUT2D eigenvalue weighted by Crippen LogP contribution is 2.28. The number of hydrazine groups is 1. The van der Waals surface area contributed by atoms with E-state index in [1.54, 1.807) is 6.26 Å². The van der Waals surface area contributed by atoms with E-state index >= 15 is 0 Å². The molecule has 3 rings (SSSR count). The van der Waals surface area contributed by atoms with Gasteiger partial charge in [0.25, 0.3) is 0 Å². The number of nitrogens with one attached hydrogen (secondary N) is 1. The molecule has 1 fully saturated rings. The third kappa shape index (κ3) is 3.19. The van der Waals surface area contributed by atoms with Gasteiger partial charge in [0.05, 0.1) is 24.0 Å². The molecule has 0 saturated heterocycles. The highest BCUT2D eigenvalue weighted by Gasteiger charge is 2.19. The van der Waals surface area contributed by atoms with Gasteiger partial charge in [-0.15, -0.1) is 0 Å². The minimum absolute atomic E-state index is 0.0402. The van der Waals surface area contributed by atoms with Crippen molar-refractivity contribution in [3.63, 3.8) is 0 Å². The summed E-state index contributed by atoms with van der Waals surface area (Å²) in [6, 6.07) is 4.69. The van der Waals surface area contributed by atoms with E-state index < -0.39 is 0 Å². The Morgan fingerprint density at radius 1 is 1.38 bits per heavy atom. The van der Waals surface area contributed by atoms with E-state index in [1.165, 1.54) is 32.1 Å². The lowest BCUT2D eigenvalue weighted by atomic mass is 9.96. The van der Waals surface area contributed by atoms with Crippen molar-refractivity contribution in [3.05, 3.63) is 41.6 Å². The summed E-state index contributed by atoms with van der Waals surface area (Å²) in [5.74, 6) is 6.61. The molecule has 1 aliphatic carbocycles. The molecule has 1 aliphatic rings. The van der Waals surface area contributed by atoms with Crippen molar-refractivity contribution in [2.75, 3.05) is 0 Å². The topological polar surface area (TPSA) is 69.0 Å². The molecule has 0 spiro atoms. The van der Waals surface area contributed by atoms with E-state index in [-0.39, 0.29) is 6.04 Å². The molecule has 0 aliphatic heterocycles. The monoisotopic (exact) mass is 288 g/mol. The van der Waals surface area contributed by atoms with Gasteiger partial charge in [0, 0.05) is 18.2 Å². The van der Waals surface area contributed by atoms with E-state index in [9.17, 15) is 0 Å². The second kappa shape index (κ2) is 6.45. The van der Waals surface area contributed by atoms with Gasteiger partial charge in [-0.05, 0) is 31.9 Å². The van der Waals surface area contributed by atoms with Gasteiger partial charge >= 0.3 is 0 Å². The average Bonchev–Trinajstić information content (AvgIpc) is 3.15. The minimum atomic E-state index is 0.0402. The van der Waals surface area contributed by atoms with Crippen LogP contribution in [0.25, 0.3) is 0 Å². The fourth-order valence-corrected chi connectivity index (χ4v) is 3.26. The van der Waals surface area contributed by atoms with Gasteiger partial charge in [-0.3, -0.25) is 16.0 Å². The van der Waals surface area contributed by atoms with Crippen molar-refractivity contribution < 1.29 is 4.42 Å². The second-order valence-corrected chi connectivity index (χ2v) is 5.93. The normalized spacial score (nSPS) is 18.0. The maximum Gasteiger partial charge on any atom is 0.105 e. The maximum absolute atomic E-state index is 5.70. The first-order valence-electron chi connectivity index (χ1n) is 7.82. The molecular formula is C16H24N4O. The number of furan rings is 1. The van der Waals surface area contributed by atoms with Gasteiger partial charge < -0.3 is 4.42 Å². The number of nitrogens with zero attached hydrogens (tertiary/aromatic N) is 2. The number of aromatic nitrogens is 2. The summed E-state index contributed by atoms with van der Waals surface area (Å²) in [6.45, 7) is 1.96. The lowest BCUT2D eigenvalue weighted by molar-refractivity contribution is 0.327.